The maximum atomic E-state index is 10.9. The second-order valence-electron chi connectivity index (χ2n) is 3.53. The fourth-order valence-corrected chi connectivity index (χ4v) is 1.24. The fourth-order valence-electron chi connectivity index (χ4n) is 1.12. The minimum Gasteiger partial charge on any atom is -0.378 e. The highest BCUT2D eigenvalue weighted by atomic mass is 35.5. The molecule has 1 aromatic rings. The highest BCUT2D eigenvalue weighted by Gasteiger charge is 1.99. The van der Waals surface area contributed by atoms with Crippen molar-refractivity contribution in [1.29, 1.82) is 0 Å². The Hall–Kier alpha value is -1.28. The zero-order chi connectivity index (χ0) is 11.4. The summed E-state index contributed by atoms with van der Waals surface area (Å²) >= 11 is 5.75. The third kappa shape index (κ3) is 3.40. The van der Waals surface area contributed by atoms with Crippen LogP contribution >= 0.6 is 11.6 Å². The summed E-state index contributed by atoms with van der Waals surface area (Å²) in [7, 11) is 3.96. The van der Waals surface area contributed by atoms with E-state index >= 15 is 0 Å². The summed E-state index contributed by atoms with van der Waals surface area (Å²) in [4.78, 5) is 12.9. The summed E-state index contributed by atoms with van der Waals surface area (Å²) in [6.07, 6.45) is 1.67. The molecule has 0 atom stereocenters. The molecule has 0 radical (unpaired) electrons. The van der Waals surface area contributed by atoms with Crippen LogP contribution in [-0.4, -0.2) is 19.9 Å². The molecule has 0 aromatic heterocycles. The first-order chi connectivity index (χ1) is 7.00. The number of Topliss-reactive ketones (excluding diaryl/α,β-unsaturated/α-hetero) is 1. The molecule has 2 nitrogen and oxygen atoms in total. The second-order valence-corrected chi connectivity index (χ2v) is 3.94. The lowest BCUT2D eigenvalue weighted by atomic mass is 10.2. The van der Waals surface area contributed by atoms with Crippen molar-refractivity contribution >= 4 is 29.1 Å². The summed E-state index contributed by atoms with van der Waals surface area (Å²) in [5.74, 6) is -0.117. The highest BCUT2D eigenvalue weighted by Crippen LogP contribution is 2.16. The van der Waals surface area contributed by atoms with Crippen molar-refractivity contribution < 1.29 is 4.79 Å². The molecule has 0 amide bonds. The number of nitrogens with zero attached hydrogens (tertiary/aromatic N) is 1. The Balaban J connectivity index is 2.90. The summed E-state index contributed by atoms with van der Waals surface area (Å²) in [5.41, 5.74) is 2.05. The molecule has 1 rings (SSSR count). The van der Waals surface area contributed by atoms with Crippen LogP contribution in [0.3, 0.4) is 0 Å². The van der Waals surface area contributed by atoms with E-state index in [9.17, 15) is 4.79 Å². The van der Waals surface area contributed by atoms with Crippen molar-refractivity contribution in [3.05, 3.63) is 34.9 Å². The fraction of sp³-hybridized carbons (Fsp3) is 0.250. The Kier molecular flexibility index (Phi) is 3.92. The van der Waals surface area contributed by atoms with Crippen LogP contribution in [0.1, 0.15) is 12.5 Å². The van der Waals surface area contributed by atoms with Gasteiger partial charge in [0, 0.05) is 26.7 Å². The summed E-state index contributed by atoms with van der Waals surface area (Å²) in [6, 6.07) is 7.83. The molecule has 0 heterocycles. The van der Waals surface area contributed by atoms with Crippen LogP contribution in [0.15, 0.2) is 29.3 Å². The molecule has 3 heteroatoms. The maximum absolute atomic E-state index is 10.9. The zero-order valence-corrected chi connectivity index (χ0v) is 9.88. The Morgan fingerprint density at radius 2 is 1.80 bits per heavy atom. The van der Waals surface area contributed by atoms with Gasteiger partial charge in [-0.05, 0) is 23.8 Å². The van der Waals surface area contributed by atoms with E-state index in [0.717, 1.165) is 11.3 Å². The van der Waals surface area contributed by atoms with Crippen LogP contribution in [-0.2, 0) is 4.79 Å². The van der Waals surface area contributed by atoms with Crippen LogP contribution in [0, 0.1) is 0 Å². The average molecular weight is 224 g/mol. The average Bonchev–Trinajstić information content (AvgIpc) is 2.18. The quantitative estimate of drug-likeness (QED) is 0.735. The molecule has 0 saturated heterocycles. The van der Waals surface area contributed by atoms with Crippen LogP contribution in [0.25, 0.3) is 6.08 Å². The van der Waals surface area contributed by atoms with Crippen molar-refractivity contribution in [2.75, 3.05) is 19.0 Å². The molecule has 0 aliphatic carbocycles. The number of benzene rings is 1. The Labute approximate surface area is 95.2 Å². The van der Waals surface area contributed by atoms with E-state index < -0.39 is 0 Å². The van der Waals surface area contributed by atoms with Gasteiger partial charge in [0.15, 0.2) is 5.78 Å². The minimum atomic E-state index is -0.117. The van der Waals surface area contributed by atoms with Crippen LogP contribution in [0.4, 0.5) is 5.69 Å². The Bertz CT molecular complexity index is 379. The number of halogens is 1. The van der Waals surface area contributed by atoms with Gasteiger partial charge in [-0.2, -0.15) is 0 Å². The molecule has 0 aliphatic rings. The van der Waals surface area contributed by atoms with Crippen molar-refractivity contribution in [3.8, 4) is 0 Å². The molecule has 80 valence electrons. The van der Waals surface area contributed by atoms with Gasteiger partial charge in [0.05, 0.1) is 5.03 Å². The number of anilines is 1. The van der Waals surface area contributed by atoms with Gasteiger partial charge in [-0.25, -0.2) is 0 Å². The third-order valence-corrected chi connectivity index (χ3v) is 2.41. The Morgan fingerprint density at radius 1 is 1.27 bits per heavy atom. The lowest BCUT2D eigenvalue weighted by Crippen LogP contribution is -2.07. The standard InChI is InChI=1S/C12H14ClNO/c1-9(15)12(13)8-10-4-6-11(7-5-10)14(2)3/h4-8H,1-3H3/b12-8-. The topological polar surface area (TPSA) is 20.3 Å². The Morgan fingerprint density at radius 3 is 2.20 bits per heavy atom. The van der Waals surface area contributed by atoms with E-state index in [2.05, 4.69) is 0 Å². The van der Waals surface area contributed by atoms with E-state index in [1.807, 2.05) is 43.3 Å². The number of ketones is 1. The lowest BCUT2D eigenvalue weighted by molar-refractivity contribution is -0.112. The van der Waals surface area contributed by atoms with E-state index in [0.29, 0.717) is 0 Å². The predicted octanol–water partition coefficient (Wildman–Crippen LogP) is 2.92. The van der Waals surface area contributed by atoms with E-state index in [-0.39, 0.29) is 10.8 Å². The largest absolute Gasteiger partial charge is 0.378 e. The van der Waals surface area contributed by atoms with Gasteiger partial charge in [-0.1, -0.05) is 23.7 Å². The molecule has 0 saturated carbocycles. The first kappa shape index (κ1) is 11.8. The van der Waals surface area contributed by atoms with Gasteiger partial charge in [-0.3, -0.25) is 4.79 Å². The monoisotopic (exact) mass is 223 g/mol. The molecule has 0 bridgehead atoms. The van der Waals surface area contributed by atoms with E-state index in [4.69, 9.17) is 11.6 Å². The molecule has 0 spiro atoms. The summed E-state index contributed by atoms with van der Waals surface area (Å²) in [6.45, 7) is 1.45. The first-order valence-electron chi connectivity index (χ1n) is 4.66. The smallest absolute Gasteiger partial charge is 0.171 e. The van der Waals surface area contributed by atoms with Crippen molar-refractivity contribution in [3.63, 3.8) is 0 Å². The van der Waals surface area contributed by atoms with Gasteiger partial charge >= 0.3 is 0 Å². The lowest BCUT2D eigenvalue weighted by Gasteiger charge is -2.11. The zero-order valence-electron chi connectivity index (χ0n) is 9.12. The van der Waals surface area contributed by atoms with E-state index in [1.54, 1.807) is 6.08 Å². The SMILES string of the molecule is CC(=O)/C(Cl)=C/c1ccc(N(C)C)cc1. The van der Waals surface area contributed by atoms with Crippen molar-refractivity contribution in [2.45, 2.75) is 6.92 Å². The first-order valence-corrected chi connectivity index (χ1v) is 5.04. The van der Waals surface area contributed by atoms with Gasteiger partial charge in [-0.15, -0.1) is 0 Å². The number of hydrogen-bond acceptors (Lipinski definition) is 2. The normalized spacial score (nSPS) is 11.3. The van der Waals surface area contributed by atoms with Crippen molar-refractivity contribution in [1.82, 2.24) is 0 Å². The number of hydrogen-bond donors (Lipinski definition) is 0. The van der Waals surface area contributed by atoms with Crippen LogP contribution in [0.2, 0.25) is 0 Å². The van der Waals surface area contributed by atoms with Gasteiger partial charge in [0.1, 0.15) is 0 Å². The molecular weight excluding hydrogens is 210 g/mol. The van der Waals surface area contributed by atoms with Gasteiger partial charge in [0.2, 0.25) is 0 Å². The van der Waals surface area contributed by atoms with Gasteiger partial charge < -0.3 is 4.90 Å². The number of carbonyl (C=O) groups is 1. The molecule has 0 unspecified atom stereocenters. The molecule has 1 aromatic carbocycles. The number of allylic oxidation sites excluding steroid dienone is 1. The third-order valence-electron chi connectivity index (χ3n) is 2.04. The molecule has 0 fully saturated rings. The van der Waals surface area contributed by atoms with E-state index in [1.165, 1.54) is 6.92 Å². The summed E-state index contributed by atoms with van der Waals surface area (Å²) in [5, 5.41) is 0.257. The van der Waals surface area contributed by atoms with Crippen LogP contribution < -0.4 is 4.90 Å². The van der Waals surface area contributed by atoms with Gasteiger partial charge in [0.25, 0.3) is 0 Å². The number of carbonyl (C=O) groups excluding carboxylic acids is 1. The van der Waals surface area contributed by atoms with Crippen LogP contribution in [0.5, 0.6) is 0 Å². The highest BCUT2D eigenvalue weighted by molar-refractivity contribution is 6.44. The molecular formula is C12H14ClNO. The summed E-state index contributed by atoms with van der Waals surface area (Å²) < 4.78 is 0. The maximum Gasteiger partial charge on any atom is 0.171 e. The second kappa shape index (κ2) is 4.99. The van der Waals surface area contributed by atoms with Crippen molar-refractivity contribution in [2.24, 2.45) is 0 Å². The molecule has 0 aliphatic heterocycles. The number of rotatable bonds is 3. The predicted molar refractivity (Wildman–Crippen MR) is 65.3 cm³/mol. The minimum absolute atomic E-state index is 0.117. The molecule has 0 N–H and O–H groups in total. The molecule has 15 heavy (non-hydrogen) atoms.